The molecule has 0 radical (unpaired) electrons. The van der Waals surface area contributed by atoms with Crippen molar-refractivity contribution in [1.82, 2.24) is 0 Å². The zero-order chi connectivity index (χ0) is 16.8. The quantitative estimate of drug-likeness (QED) is 0.305. The average molecular weight is 331 g/mol. The molecule has 0 saturated carbocycles. The number of ketones is 1. The van der Waals surface area contributed by atoms with Gasteiger partial charge in [0.05, 0.1) is 6.61 Å². The zero-order valence-corrected chi connectivity index (χ0v) is 13.1. The predicted octanol–water partition coefficient (Wildman–Crippen LogP) is 1.00. The number of rotatable bonds is 8. The summed E-state index contributed by atoms with van der Waals surface area (Å²) >= 11 is 0. The molecule has 0 aromatic rings. The van der Waals surface area contributed by atoms with Gasteiger partial charge in [0, 0.05) is 6.42 Å². The van der Waals surface area contributed by atoms with E-state index in [1.54, 1.807) is 6.92 Å². The standard InChI is InChI=1S/C13H17NO7S/c1-3-20-14-12-10(7-6-9(2)13(12)17)22(18,19)21-8-4-5-11(15)16/h6-7H,3-5,8H2,1-2H3,(H,15,16). The number of allylic oxidation sites excluding steroid dienone is 4. The van der Waals surface area contributed by atoms with E-state index >= 15 is 0 Å². The van der Waals surface area contributed by atoms with Crippen LogP contribution in [0.15, 0.2) is 27.8 Å². The Hall–Kier alpha value is -2.00. The molecule has 0 aromatic carbocycles. The topological polar surface area (TPSA) is 119 Å². The van der Waals surface area contributed by atoms with Crippen molar-refractivity contribution in [3.05, 3.63) is 22.6 Å². The highest BCUT2D eigenvalue weighted by atomic mass is 32.2. The van der Waals surface area contributed by atoms with Crippen LogP contribution in [0.2, 0.25) is 0 Å². The van der Waals surface area contributed by atoms with Gasteiger partial charge in [-0.25, -0.2) is 0 Å². The third kappa shape index (κ3) is 4.78. The molecule has 0 spiro atoms. The number of carbonyl (C=O) groups excluding carboxylic acids is 1. The smallest absolute Gasteiger partial charge is 0.303 e. The first-order chi connectivity index (χ1) is 10.3. The van der Waals surface area contributed by atoms with Gasteiger partial charge in [0.15, 0.2) is 5.71 Å². The summed E-state index contributed by atoms with van der Waals surface area (Å²) in [6.07, 6.45) is 2.37. The minimum absolute atomic E-state index is 0.0304. The van der Waals surface area contributed by atoms with E-state index in [-0.39, 0.29) is 31.8 Å². The fourth-order valence-corrected chi connectivity index (χ4v) is 2.59. The van der Waals surface area contributed by atoms with E-state index in [1.165, 1.54) is 19.1 Å². The number of nitrogens with zero attached hydrogens (tertiary/aromatic N) is 1. The maximum atomic E-state index is 12.1. The maximum Gasteiger partial charge on any atom is 0.303 e. The van der Waals surface area contributed by atoms with E-state index in [2.05, 4.69) is 5.16 Å². The Morgan fingerprint density at radius 2 is 2.05 bits per heavy atom. The lowest BCUT2D eigenvalue weighted by molar-refractivity contribution is -0.137. The monoisotopic (exact) mass is 331 g/mol. The summed E-state index contributed by atoms with van der Waals surface area (Å²) in [5.74, 6) is -1.62. The van der Waals surface area contributed by atoms with Gasteiger partial charge in [0.1, 0.15) is 11.5 Å². The van der Waals surface area contributed by atoms with Crippen molar-refractivity contribution < 1.29 is 32.1 Å². The van der Waals surface area contributed by atoms with E-state index in [1.807, 2.05) is 0 Å². The molecule has 0 aromatic heterocycles. The molecule has 0 bridgehead atoms. The van der Waals surface area contributed by atoms with Crippen molar-refractivity contribution in [1.29, 1.82) is 0 Å². The Bertz CT molecular complexity index is 643. The number of hydrogen-bond acceptors (Lipinski definition) is 7. The lowest BCUT2D eigenvalue weighted by atomic mass is 10.0. The first-order valence-corrected chi connectivity index (χ1v) is 7.95. The summed E-state index contributed by atoms with van der Waals surface area (Å²) < 4.78 is 28.9. The number of hydrogen-bond donors (Lipinski definition) is 1. The third-order valence-corrected chi connectivity index (χ3v) is 3.96. The molecule has 1 N–H and O–H groups in total. The van der Waals surface area contributed by atoms with Crippen LogP contribution in [0.5, 0.6) is 0 Å². The second kappa shape index (κ2) is 7.85. The molecular weight excluding hydrogens is 314 g/mol. The van der Waals surface area contributed by atoms with Crippen LogP contribution in [0.25, 0.3) is 0 Å². The molecule has 0 amide bonds. The SMILES string of the molecule is CCON=C1C(=O)C(C)=CC=C1S(=O)(=O)OCCCC(=O)O. The Kier molecular flexibility index (Phi) is 6.44. The van der Waals surface area contributed by atoms with E-state index in [4.69, 9.17) is 14.1 Å². The molecule has 0 aliphatic heterocycles. The van der Waals surface area contributed by atoms with Gasteiger partial charge in [-0.2, -0.15) is 8.42 Å². The summed E-state index contributed by atoms with van der Waals surface area (Å²) in [6.45, 7) is 3.04. The largest absolute Gasteiger partial charge is 0.481 e. The fraction of sp³-hybridized carbons (Fsp3) is 0.462. The van der Waals surface area contributed by atoms with Crippen LogP contribution in [-0.4, -0.2) is 44.2 Å². The minimum Gasteiger partial charge on any atom is -0.481 e. The maximum absolute atomic E-state index is 12.1. The lowest BCUT2D eigenvalue weighted by Gasteiger charge is -2.14. The highest BCUT2D eigenvalue weighted by Gasteiger charge is 2.32. The fourth-order valence-electron chi connectivity index (χ4n) is 1.53. The van der Waals surface area contributed by atoms with Gasteiger partial charge in [-0.15, -0.1) is 0 Å². The van der Waals surface area contributed by atoms with Crippen LogP contribution < -0.4 is 0 Å². The molecule has 122 valence electrons. The Balaban J connectivity index is 2.94. The van der Waals surface area contributed by atoms with Gasteiger partial charge < -0.3 is 9.94 Å². The molecule has 1 rings (SSSR count). The molecule has 0 unspecified atom stereocenters. The number of aliphatic carboxylic acids is 1. The van der Waals surface area contributed by atoms with Crippen molar-refractivity contribution in [2.75, 3.05) is 13.2 Å². The molecule has 0 heterocycles. The molecule has 0 saturated heterocycles. The van der Waals surface area contributed by atoms with Crippen LogP contribution in [0.4, 0.5) is 0 Å². The van der Waals surface area contributed by atoms with E-state index in [0.717, 1.165) is 0 Å². The average Bonchev–Trinajstić information content (AvgIpc) is 2.44. The molecule has 8 nitrogen and oxygen atoms in total. The Labute approximate surface area is 128 Å². The predicted molar refractivity (Wildman–Crippen MR) is 77.6 cm³/mol. The second-order valence-electron chi connectivity index (χ2n) is 4.34. The third-order valence-electron chi connectivity index (χ3n) is 2.62. The van der Waals surface area contributed by atoms with Gasteiger partial charge in [-0.05, 0) is 31.9 Å². The van der Waals surface area contributed by atoms with Gasteiger partial charge >= 0.3 is 5.97 Å². The van der Waals surface area contributed by atoms with Crippen molar-refractivity contribution in [2.24, 2.45) is 5.16 Å². The van der Waals surface area contributed by atoms with Gasteiger partial charge in [-0.3, -0.25) is 13.8 Å². The van der Waals surface area contributed by atoms with Gasteiger partial charge in [0.2, 0.25) is 5.78 Å². The van der Waals surface area contributed by atoms with Crippen molar-refractivity contribution in [3.8, 4) is 0 Å². The van der Waals surface area contributed by atoms with Crippen LogP contribution >= 0.6 is 0 Å². The van der Waals surface area contributed by atoms with Crippen molar-refractivity contribution >= 4 is 27.6 Å². The number of Topliss-reactive ketones (excluding diaryl/α,β-unsaturated/α-hetero) is 1. The molecule has 1 aliphatic rings. The first kappa shape index (κ1) is 18.1. The summed E-state index contributed by atoms with van der Waals surface area (Å²) in [6, 6.07) is 0. The molecule has 1 aliphatic carbocycles. The van der Waals surface area contributed by atoms with Crippen LogP contribution in [0, 0.1) is 0 Å². The highest BCUT2D eigenvalue weighted by molar-refractivity contribution is 7.92. The van der Waals surface area contributed by atoms with E-state index < -0.39 is 26.8 Å². The summed E-state index contributed by atoms with van der Waals surface area (Å²) in [5, 5.41) is 12.0. The van der Waals surface area contributed by atoms with Crippen LogP contribution in [0.3, 0.4) is 0 Å². The number of oxime groups is 1. The highest BCUT2D eigenvalue weighted by Crippen LogP contribution is 2.20. The van der Waals surface area contributed by atoms with Gasteiger partial charge in [0.25, 0.3) is 10.1 Å². The van der Waals surface area contributed by atoms with E-state index in [9.17, 15) is 18.0 Å². The Morgan fingerprint density at radius 1 is 1.36 bits per heavy atom. The van der Waals surface area contributed by atoms with Crippen molar-refractivity contribution in [2.45, 2.75) is 26.7 Å². The summed E-state index contributed by atoms with van der Waals surface area (Å²) in [7, 11) is -4.23. The minimum atomic E-state index is -4.23. The number of carbonyl (C=O) groups is 2. The number of carboxylic acids is 1. The van der Waals surface area contributed by atoms with Crippen LogP contribution in [-0.2, 0) is 28.7 Å². The Morgan fingerprint density at radius 3 is 2.64 bits per heavy atom. The van der Waals surface area contributed by atoms with Crippen molar-refractivity contribution in [3.63, 3.8) is 0 Å². The van der Waals surface area contributed by atoms with E-state index in [0.29, 0.717) is 5.57 Å². The molecule has 9 heteroatoms. The molecule has 0 fully saturated rings. The molecule has 22 heavy (non-hydrogen) atoms. The summed E-state index contributed by atoms with van der Waals surface area (Å²) in [5.41, 5.74) is -0.0247. The lowest BCUT2D eigenvalue weighted by Crippen LogP contribution is -2.27. The molecular formula is C13H17NO7S. The van der Waals surface area contributed by atoms with Crippen LogP contribution in [0.1, 0.15) is 26.7 Å². The second-order valence-corrected chi connectivity index (χ2v) is 5.92. The van der Waals surface area contributed by atoms with Gasteiger partial charge in [-0.1, -0.05) is 11.2 Å². The summed E-state index contributed by atoms with van der Waals surface area (Å²) in [4.78, 5) is 26.7. The normalized spacial score (nSPS) is 17.2. The number of carboxylic acid groups (broad SMARTS) is 1. The zero-order valence-electron chi connectivity index (χ0n) is 12.2. The first-order valence-electron chi connectivity index (χ1n) is 6.54. The molecule has 0 atom stereocenters.